The van der Waals surface area contributed by atoms with Gasteiger partial charge in [-0.3, -0.25) is 9.79 Å². The Balaban J connectivity index is 1.96. The molecule has 1 unspecified atom stereocenters. The van der Waals surface area contributed by atoms with E-state index < -0.39 is 0 Å². The highest BCUT2D eigenvalue weighted by Gasteiger charge is 2.20. The number of hydrogen-bond acceptors (Lipinski definition) is 5. The van der Waals surface area contributed by atoms with Crippen LogP contribution in [0.25, 0.3) is 0 Å². The van der Waals surface area contributed by atoms with Crippen LogP contribution in [0.2, 0.25) is 0 Å². The number of carbonyl (C=O) groups excluding carboxylic acids is 1. The smallest absolute Gasteiger partial charge is 0.260 e. The average molecular weight is 376 g/mol. The van der Waals surface area contributed by atoms with Gasteiger partial charge in [0, 0.05) is 25.0 Å². The second-order valence-electron chi connectivity index (χ2n) is 6.84. The molecule has 3 rings (SSSR count). The number of nitrogens with zero attached hydrogens (tertiary/aromatic N) is 3. The van der Waals surface area contributed by atoms with Crippen LogP contribution >= 0.6 is 0 Å². The normalized spacial score (nSPS) is 16.1. The molecule has 0 spiro atoms. The van der Waals surface area contributed by atoms with Crippen molar-refractivity contribution >= 4 is 23.5 Å². The predicted octanol–water partition coefficient (Wildman–Crippen LogP) is 3.61. The Labute approximate surface area is 165 Å². The molecule has 0 bridgehead atoms. The minimum atomic E-state index is -0.211. The van der Waals surface area contributed by atoms with E-state index in [1.165, 1.54) is 0 Å². The molecular weight excluding hydrogens is 352 g/mol. The number of benzene rings is 2. The van der Waals surface area contributed by atoms with Crippen LogP contribution in [-0.2, 0) is 0 Å². The van der Waals surface area contributed by atoms with E-state index in [9.17, 15) is 10.1 Å². The summed E-state index contributed by atoms with van der Waals surface area (Å²) in [6, 6.07) is 13.0. The van der Waals surface area contributed by atoms with Crippen molar-refractivity contribution in [3.8, 4) is 11.8 Å². The number of amides is 1. The van der Waals surface area contributed by atoms with Gasteiger partial charge in [0.1, 0.15) is 5.75 Å². The number of nitrogens with one attached hydrogen (secondary N) is 1. The van der Waals surface area contributed by atoms with Gasteiger partial charge >= 0.3 is 0 Å². The number of anilines is 1. The lowest BCUT2D eigenvalue weighted by Crippen LogP contribution is -2.26. The van der Waals surface area contributed by atoms with Crippen molar-refractivity contribution < 1.29 is 9.53 Å². The van der Waals surface area contributed by atoms with Crippen LogP contribution in [0.1, 0.15) is 34.3 Å². The predicted molar refractivity (Wildman–Crippen MR) is 111 cm³/mol. The first kappa shape index (κ1) is 19.6. The zero-order valence-electron chi connectivity index (χ0n) is 16.4. The van der Waals surface area contributed by atoms with Crippen molar-refractivity contribution in [1.82, 2.24) is 5.32 Å². The summed E-state index contributed by atoms with van der Waals surface area (Å²) in [6.07, 6.45) is 4.02. The van der Waals surface area contributed by atoms with Gasteiger partial charge < -0.3 is 15.0 Å². The summed E-state index contributed by atoms with van der Waals surface area (Å²) in [4.78, 5) is 19.4. The van der Waals surface area contributed by atoms with Crippen molar-refractivity contribution in [3.05, 3.63) is 53.1 Å². The highest BCUT2D eigenvalue weighted by atomic mass is 16.5. The fraction of sp³-hybridized carbons (Fsp3) is 0.318. The largest absolute Gasteiger partial charge is 0.497 e. The summed E-state index contributed by atoms with van der Waals surface area (Å²) in [5.41, 5.74) is 3.02. The molecule has 1 amide bonds. The number of carbonyl (C=O) groups is 1. The van der Waals surface area contributed by atoms with E-state index in [4.69, 9.17) is 4.74 Å². The first-order chi connectivity index (χ1) is 13.5. The number of hydrogen-bond donors (Lipinski definition) is 1. The van der Waals surface area contributed by atoms with Crippen molar-refractivity contribution in [2.75, 3.05) is 25.6 Å². The average Bonchev–Trinajstić information content (AvgIpc) is 3.25. The highest BCUT2D eigenvalue weighted by molar-refractivity contribution is 6.09. The van der Waals surface area contributed by atoms with Crippen molar-refractivity contribution in [2.45, 2.75) is 25.8 Å². The second kappa shape index (κ2) is 8.68. The maximum Gasteiger partial charge on any atom is 0.260 e. The monoisotopic (exact) mass is 376 g/mol. The van der Waals surface area contributed by atoms with Crippen molar-refractivity contribution in [2.24, 2.45) is 4.99 Å². The number of ether oxygens (including phenoxy) is 1. The fourth-order valence-corrected chi connectivity index (χ4v) is 3.29. The Morgan fingerprint density at radius 3 is 2.71 bits per heavy atom. The molecule has 0 saturated carbocycles. The van der Waals surface area contributed by atoms with Crippen LogP contribution in [0.3, 0.4) is 0 Å². The zero-order chi connectivity index (χ0) is 20.1. The van der Waals surface area contributed by atoms with Crippen LogP contribution in [-0.4, -0.2) is 38.9 Å². The van der Waals surface area contributed by atoms with Gasteiger partial charge in [-0.1, -0.05) is 0 Å². The SMILES string of the molecule is COc1ccc(N(C)C(=O)c2cc(C#N)cc(C)c2N=CC2CCCN2)cc1. The number of nitriles is 1. The van der Waals surface area contributed by atoms with Gasteiger partial charge in [0.25, 0.3) is 5.91 Å². The van der Waals surface area contributed by atoms with Gasteiger partial charge in [-0.15, -0.1) is 0 Å². The molecule has 0 aliphatic carbocycles. The van der Waals surface area contributed by atoms with Gasteiger partial charge in [-0.05, 0) is 68.3 Å². The summed E-state index contributed by atoms with van der Waals surface area (Å²) in [5, 5.41) is 12.7. The van der Waals surface area contributed by atoms with Gasteiger partial charge in [0.2, 0.25) is 0 Å². The van der Waals surface area contributed by atoms with Gasteiger partial charge in [-0.25, -0.2) is 0 Å². The standard InChI is InChI=1S/C22H24N4O2/c1-15-11-16(13-23)12-20(21(15)25-14-17-5-4-10-24-17)22(27)26(2)18-6-8-19(28-3)9-7-18/h6-9,11-12,14,17,24H,4-5,10H2,1-3H3. The van der Waals surface area contributed by atoms with Crippen molar-refractivity contribution in [3.63, 3.8) is 0 Å². The van der Waals surface area contributed by atoms with E-state index >= 15 is 0 Å². The van der Waals surface area contributed by atoms with E-state index in [2.05, 4.69) is 16.4 Å². The van der Waals surface area contributed by atoms with Gasteiger partial charge in [-0.2, -0.15) is 5.26 Å². The molecule has 1 saturated heterocycles. The molecule has 0 aromatic heterocycles. The first-order valence-electron chi connectivity index (χ1n) is 9.28. The molecule has 2 aromatic rings. The summed E-state index contributed by atoms with van der Waals surface area (Å²) < 4.78 is 5.18. The van der Waals surface area contributed by atoms with E-state index in [1.807, 2.05) is 25.3 Å². The van der Waals surface area contributed by atoms with Crippen LogP contribution in [0.4, 0.5) is 11.4 Å². The Morgan fingerprint density at radius 2 is 2.11 bits per heavy atom. The molecule has 1 aliphatic heterocycles. The van der Waals surface area contributed by atoms with E-state index in [-0.39, 0.29) is 11.9 Å². The lowest BCUT2D eigenvalue weighted by Gasteiger charge is -2.19. The molecule has 28 heavy (non-hydrogen) atoms. The molecule has 1 heterocycles. The quantitative estimate of drug-likeness (QED) is 0.809. The number of rotatable bonds is 5. The number of methoxy groups -OCH3 is 1. The summed E-state index contributed by atoms with van der Waals surface area (Å²) >= 11 is 0. The number of aryl methyl sites for hydroxylation is 1. The molecule has 6 heteroatoms. The zero-order valence-corrected chi connectivity index (χ0v) is 16.4. The molecule has 1 atom stereocenters. The topological polar surface area (TPSA) is 77.7 Å². The Morgan fingerprint density at radius 1 is 1.36 bits per heavy atom. The maximum atomic E-state index is 13.2. The molecule has 2 aromatic carbocycles. The summed E-state index contributed by atoms with van der Waals surface area (Å²) in [6.45, 7) is 2.86. The van der Waals surface area contributed by atoms with E-state index in [1.54, 1.807) is 43.3 Å². The first-order valence-corrected chi connectivity index (χ1v) is 9.28. The fourth-order valence-electron chi connectivity index (χ4n) is 3.29. The molecule has 144 valence electrons. The Bertz CT molecular complexity index is 923. The third kappa shape index (κ3) is 4.21. The molecular formula is C22H24N4O2. The minimum Gasteiger partial charge on any atom is -0.497 e. The van der Waals surface area contributed by atoms with Crippen LogP contribution in [0, 0.1) is 18.3 Å². The minimum absolute atomic E-state index is 0.211. The summed E-state index contributed by atoms with van der Waals surface area (Å²) in [5.74, 6) is 0.512. The van der Waals surface area contributed by atoms with E-state index in [0.29, 0.717) is 16.8 Å². The van der Waals surface area contributed by atoms with E-state index in [0.717, 1.165) is 36.4 Å². The lowest BCUT2D eigenvalue weighted by atomic mass is 10.0. The van der Waals surface area contributed by atoms with Crippen LogP contribution < -0.4 is 15.0 Å². The third-order valence-corrected chi connectivity index (χ3v) is 4.91. The number of aliphatic imine (C=N–C) groups is 1. The highest BCUT2D eigenvalue weighted by Crippen LogP contribution is 2.29. The molecule has 1 aliphatic rings. The van der Waals surface area contributed by atoms with Crippen LogP contribution in [0.15, 0.2) is 41.4 Å². The molecule has 1 fully saturated rings. The van der Waals surface area contributed by atoms with Crippen LogP contribution in [0.5, 0.6) is 5.75 Å². The second-order valence-corrected chi connectivity index (χ2v) is 6.84. The lowest BCUT2D eigenvalue weighted by molar-refractivity contribution is 0.0993. The Hall–Kier alpha value is -3.17. The summed E-state index contributed by atoms with van der Waals surface area (Å²) in [7, 11) is 3.31. The maximum absolute atomic E-state index is 13.2. The van der Waals surface area contributed by atoms with Gasteiger partial charge in [0.15, 0.2) is 0 Å². The Kier molecular flexibility index (Phi) is 6.07. The third-order valence-electron chi connectivity index (χ3n) is 4.91. The van der Waals surface area contributed by atoms with Crippen molar-refractivity contribution in [1.29, 1.82) is 5.26 Å². The molecule has 1 N–H and O–H groups in total. The van der Waals surface area contributed by atoms with Gasteiger partial charge in [0.05, 0.1) is 30.0 Å². The molecule has 6 nitrogen and oxygen atoms in total. The molecule has 0 radical (unpaired) electrons.